The van der Waals surface area contributed by atoms with Crippen molar-refractivity contribution in [3.63, 3.8) is 0 Å². The van der Waals surface area contributed by atoms with Crippen molar-refractivity contribution in [1.29, 1.82) is 0 Å². The number of hydrogen-bond donors (Lipinski definition) is 1. The van der Waals surface area contributed by atoms with Crippen molar-refractivity contribution >= 4 is 22.8 Å². The van der Waals surface area contributed by atoms with Crippen LogP contribution in [-0.2, 0) is 6.54 Å². The maximum Gasteiger partial charge on any atom is 0.252 e. The zero-order valence-corrected chi connectivity index (χ0v) is 16.3. The van der Waals surface area contributed by atoms with Crippen molar-refractivity contribution in [2.24, 2.45) is 0 Å². The lowest BCUT2D eigenvalue weighted by molar-refractivity contribution is -0.255. The summed E-state index contributed by atoms with van der Waals surface area (Å²) in [6, 6.07) is 17.5. The minimum Gasteiger partial charge on any atom is -0.545 e. The van der Waals surface area contributed by atoms with Gasteiger partial charge in [0.15, 0.2) is 0 Å². The lowest BCUT2D eigenvalue weighted by atomic mass is 10.0. The predicted octanol–water partition coefficient (Wildman–Crippen LogP) is 2.90. The highest BCUT2D eigenvalue weighted by Gasteiger charge is 2.14. The van der Waals surface area contributed by atoms with Gasteiger partial charge >= 0.3 is 0 Å². The van der Waals surface area contributed by atoms with Crippen LogP contribution in [0.15, 0.2) is 73.1 Å². The Morgan fingerprint density at radius 3 is 2.53 bits per heavy atom. The van der Waals surface area contributed by atoms with E-state index in [4.69, 9.17) is 4.98 Å². The van der Waals surface area contributed by atoms with Crippen molar-refractivity contribution in [3.05, 3.63) is 95.3 Å². The van der Waals surface area contributed by atoms with Gasteiger partial charge in [-0.05, 0) is 48.4 Å². The van der Waals surface area contributed by atoms with Crippen LogP contribution in [0, 0.1) is 6.92 Å². The number of fused-ring (bicyclic) bond motifs is 1. The first-order chi connectivity index (χ1) is 14.5. The molecule has 6 heteroatoms. The Kier molecular flexibility index (Phi) is 5.22. The van der Waals surface area contributed by atoms with Gasteiger partial charge in [0.05, 0.1) is 22.7 Å². The Hall–Kier alpha value is -4.06. The van der Waals surface area contributed by atoms with E-state index >= 15 is 0 Å². The summed E-state index contributed by atoms with van der Waals surface area (Å²) in [5.41, 5.74) is 4.66. The molecule has 0 bridgehead atoms. The molecule has 1 N–H and O–H groups in total. The maximum absolute atomic E-state index is 13.0. The Bertz CT molecular complexity index is 1240. The second-order valence-corrected chi connectivity index (χ2v) is 6.98. The van der Waals surface area contributed by atoms with E-state index in [1.807, 2.05) is 37.3 Å². The first kappa shape index (κ1) is 19.3. The summed E-state index contributed by atoms with van der Waals surface area (Å²) in [7, 11) is 0. The van der Waals surface area contributed by atoms with Crippen LogP contribution in [0.25, 0.3) is 22.2 Å². The molecule has 0 aliphatic carbocycles. The van der Waals surface area contributed by atoms with Crippen molar-refractivity contribution < 1.29 is 14.7 Å². The number of aromatic nitrogens is 2. The molecule has 0 aliphatic rings. The number of carbonyl (C=O) groups is 2. The average Bonchev–Trinajstić information content (AvgIpc) is 2.77. The summed E-state index contributed by atoms with van der Waals surface area (Å²) in [6.07, 6.45) is 3.40. The van der Waals surface area contributed by atoms with Gasteiger partial charge in [-0.1, -0.05) is 35.9 Å². The number of aromatic carboxylic acids is 1. The number of benzene rings is 2. The normalized spacial score (nSPS) is 10.7. The SMILES string of the molecule is Cc1ccc2nc(-c3cccnc3)cc(C(=O)NCc3ccc(C(=O)[O-])cc3)c2c1. The summed E-state index contributed by atoms with van der Waals surface area (Å²) >= 11 is 0. The van der Waals surface area contributed by atoms with Crippen LogP contribution in [0.1, 0.15) is 31.8 Å². The monoisotopic (exact) mass is 396 g/mol. The fourth-order valence-electron chi connectivity index (χ4n) is 3.23. The molecule has 4 rings (SSSR count). The Morgan fingerprint density at radius 2 is 1.83 bits per heavy atom. The van der Waals surface area contributed by atoms with Gasteiger partial charge in [-0.25, -0.2) is 4.98 Å². The Labute approximate surface area is 173 Å². The van der Waals surface area contributed by atoms with Crippen LogP contribution < -0.4 is 10.4 Å². The van der Waals surface area contributed by atoms with E-state index in [0.29, 0.717) is 11.3 Å². The fraction of sp³-hybridized carbons (Fsp3) is 0.0833. The number of amides is 1. The van der Waals surface area contributed by atoms with Gasteiger partial charge in [-0.3, -0.25) is 9.78 Å². The third-order valence-electron chi connectivity index (χ3n) is 4.81. The van der Waals surface area contributed by atoms with Gasteiger partial charge in [0.2, 0.25) is 0 Å². The Balaban J connectivity index is 1.66. The summed E-state index contributed by atoms with van der Waals surface area (Å²) in [5, 5.41) is 14.6. The number of nitrogens with one attached hydrogen (secondary N) is 1. The van der Waals surface area contributed by atoms with Crippen LogP contribution in [0.5, 0.6) is 0 Å². The third-order valence-corrected chi connectivity index (χ3v) is 4.81. The summed E-state index contributed by atoms with van der Waals surface area (Å²) in [6.45, 7) is 2.24. The lowest BCUT2D eigenvalue weighted by Gasteiger charge is -2.12. The largest absolute Gasteiger partial charge is 0.545 e. The highest BCUT2D eigenvalue weighted by molar-refractivity contribution is 6.07. The van der Waals surface area contributed by atoms with Gasteiger partial charge in [0, 0.05) is 29.9 Å². The zero-order valence-electron chi connectivity index (χ0n) is 16.3. The molecule has 2 aromatic heterocycles. The number of nitrogens with zero attached hydrogens (tertiary/aromatic N) is 2. The second-order valence-electron chi connectivity index (χ2n) is 6.98. The molecule has 1 amide bonds. The third kappa shape index (κ3) is 4.03. The first-order valence-corrected chi connectivity index (χ1v) is 9.41. The first-order valence-electron chi connectivity index (χ1n) is 9.41. The molecule has 0 fully saturated rings. The van der Waals surface area contributed by atoms with Crippen molar-refractivity contribution in [1.82, 2.24) is 15.3 Å². The molecule has 2 aromatic carbocycles. The van der Waals surface area contributed by atoms with Gasteiger partial charge < -0.3 is 15.2 Å². The van der Waals surface area contributed by atoms with Gasteiger partial charge in [0.25, 0.3) is 5.91 Å². The zero-order chi connectivity index (χ0) is 21.1. The number of pyridine rings is 2. The van der Waals surface area contributed by atoms with E-state index in [9.17, 15) is 14.7 Å². The van der Waals surface area contributed by atoms with Crippen LogP contribution in [-0.4, -0.2) is 21.8 Å². The van der Waals surface area contributed by atoms with E-state index in [2.05, 4.69) is 10.3 Å². The van der Waals surface area contributed by atoms with Crippen LogP contribution in [0.2, 0.25) is 0 Å². The van der Waals surface area contributed by atoms with E-state index in [1.165, 1.54) is 12.1 Å². The molecule has 0 radical (unpaired) electrons. The van der Waals surface area contributed by atoms with Gasteiger partial charge in [-0.2, -0.15) is 0 Å². The highest BCUT2D eigenvalue weighted by atomic mass is 16.4. The molecule has 4 aromatic rings. The molecule has 0 saturated carbocycles. The van der Waals surface area contributed by atoms with Crippen LogP contribution in [0.4, 0.5) is 0 Å². The topological polar surface area (TPSA) is 95.0 Å². The summed E-state index contributed by atoms with van der Waals surface area (Å²) in [4.78, 5) is 32.7. The molecule has 148 valence electrons. The maximum atomic E-state index is 13.0. The number of carbonyl (C=O) groups excluding carboxylic acids is 2. The number of aryl methyl sites for hydroxylation is 1. The number of hydrogen-bond acceptors (Lipinski definition) is 5. The van der Waals surface area contributed by atoms with E-state index in [1.54, 1.807) is 30.6 Å². The van der Waals surface area contributed by atoms with E-state index in [0.717, 1.165) is 27.6 Å². The van der Waals surface area contributed by atoms with E-state index in [-0.39, 0.29) is 18.0 Å². The Morgan fingerprint density at radius 1 is 1.03 bits per heavy atom. The smallest absolute Gasteiger partial charge is 0.252 e. The quantitative estimate of drug-likeness (QED) is 0.560. The number of carboxylic acid groups (broad SMARTS) is 1. The molecule has 30 heavy (non-hydrogen) atoms. The summed E-state index contributed by atoms with van der Waals surface area (Å²) < 4.78 is 0. The minimum atomic E-state index is -1.23. The molecule has 2 heterocycles. The lowest BCUT2D eigenvalue weighted by Crippen LogP contribution is -2.24. The van der Waals surface area contributed by atoms with Crippen molar-refractivity contribution in [2.45, 2.75) is 13.5 Å². The molecule has 0 saturated heterocycles. The van der Waals surface area contributed by atoms with Gasteiger partial charge in [-0.15, -0.1) is 0 Å². The van der Waals surface area contributed by atoms with Crippen molar-refractivity contribution in [2.75, 3.05) is 0 Å². The molecule has 0 atom stereocenters. The van der Waals surface area contributed by atoms with Crippen LogP contribution >= 0.6 is 0 Å². The number of carboxylic acids is 1. The number of rotatable bonds is 5. The molecular weight excluding hydrogens is 378 g/mol. The summed E-state index contributed by atoms with van der Waals surface area (Å²) in [5.74, 6) is -1.46. The average molecular weight is 396 g/mol. The minimum absolute atomic E-state index is 0.0989. The predicted molar refractivity (Wildman–Crippen MR) is 112 cm³/mol. The van der Waals surface area contributed by atoms with Crippen LogP contribution in [0.3, 0.4) is 0 Å². The molecule has 0 unspecified atom stereocenters. The molecule has 0 aliphatic heterocycles. The van der Waals surface area contributed by atoms with E-state index < -0.39 is 5.97 Å². The molecule has 6 nitrogen and oxygen atoms in total. The van der Waals surface area contributed by atoms with Crippen molar-refractivity contribution in [3.8, 4) is 11.3 Å². The fourth-order valence-corrected chi connectivity index (χ4v) is 3.23. The molecular formula is C24H18N3O3-. The molecule has 0 spiro atoms. The van der Waals surface area contributed by atoms with Gasteiger partial charge in [0.1, 0.15) is 0 Å². The highest BCUT2D eigenvalue weighted by Crippen LogP contribution is 2.25. The standard InChI is InChI=1S/C24H19N3O3/c1-15-4-9-21-19(11-15)20(12-22(27-21)18-3-2-10-25-14-18)23(28)26-13-16-5-7-17(8-6-16)24(29)30/h2-12,14H,13H2,1H3,(H,26,28)(H,29,30)/p-1. The second kappa shape index (κ2) is 8.13.